The van der Waals surface area contributed by atoms with Gasteiger partial charge in [0.15, 0.2) is 5.11 Å². The van der Waals surface area contributed by atoms with Crippen LogP contribution in [-0.2, 0) is 4.79 Å². The van der Waals surface area contributed by atoms with E-state index in [1.807, 2.05) is 30.0 Å². The lowest BCUT2D eigenvalue weighted by Crippen LogP contribution is -2.48. The van der Waals surface area contributed by atoms with E-state index in [9.17, 15) is 9.59 Å². The first-order chi connectivity index (χ1) is 16.9. The number of thiocarbonyl (C=S) groups is 1. The fourth-order valence-electron chi connectivity index (χ4n) is 3.81. The Hall–Kier alpha value is -2.84. The maximum Gasteiger partial charge on any atom is 0.257 e. The molecule has 2 aromatic rings. The van der Waals surface area contributed by atoms with Crippen molar-refractivity contribution in [2.45, 2.75) is 39.5 Å². The number of unbranched alkanes of at least 4 members (excludes halogenated alkanes) is 1. The zero-order chi connectivity index (χ0) is 25.2. The van der Waals surface area contributed by atoms with Crippen LogP contribution in [0.25, 0.3) is 0 Å². The topological polar surface area (TPSA) is 73.9 Å². The van der Waals surface area contributed by atoms with Gasteiger partial charge in [-0.2, -0.15) is 0 Å². The summed E-state index contributed by atoms with van der Waals surface area (Å²) >= 11 is 11.9. The fourth-order valence-corrected chi connectivity index (χ4v) is 4.32. The molecule has 2 amide bonds. The number of nitrogens with zero attached hydrogens (tertiary/aromatic N) is 2. The van der Waals surface area contributed by atoms with Gasteiger partial charge in [0.2, 0.25) is 5.91 Å². The minimum atomic E-state index is -0.318. The average molecular weight is 517 g/mol. The number of halogens is 1. The molecule has 2 aromatic carbocycles. The molecule has 188 valence electrons. The van der Waals surface area contributed by atoms with E-state index in [1.165, 1.54) is 0 Å². The molecular weight excluding hydrogens is 484 g/mol. The Kier molecular flexibility index (Phi) is 10.2. The summed E-state index contributed by atoms with van der Waals surface area (Å²) in [4.78, 5) is 28.8. The van der Waals surface area contributed by atoms with Crippen LogP contribution in [0.15, 0.2) is 42.5 Å². The van der Waals surface area contributed by atoms with E-state index in [0.29, 0.717) is 48.1 Å². The molecule has 0 bridgehead atoms. The number of rotatable bonds is 9. The molecule has 0 saturated carbocycles. The van der Waals surface area contributed by atoms with Gasteiger partial charge in [-0.15, -0.1) is 0 Å². The van der Waals surface area contributed by atoms with Gasteiger partial charge in [-0.05, 0) is 61.5 Å². The van der Waals surface area contributed by atoms with Crippen molar-refractivity contribution in [1.29, 1.82) is 0 Å². The number of amides is 2. The monoisotopic (exact) mass is 516 g/mol. The summed E-state index contributed by atoms with van der Waals surface area (Å²) in [6.45, 7) is 7.58. The number of benzene rings is 2. The number of nitrogens with one attached hydrogen (secondary N) is 2. The van der Waals surface area contributed by atoms with Gasteiger partial charge < -0.3 is 19.9 Å². The van der Waals surface area contributed by atoms with E-state index in [4.69, 9.17) is 28.6 Å². The molecule has 1 saturated heterocycles. The molecule has 3 rings (SSSR count). The molecule has 9 heteroatoms. The summed E-state index contributed by atoms with van der Waals surface area (Å²) in [6.07, 6.45) is 3.46. The SMILES string of the molecule is CCCCOc1cccc(C(=O)NC(=S)Nc2ccc(N3CCN(C(=O)CCC)CC3)c(Cl)c2)c1. The van der Waals surface area contributed by atoms with Gasteiger partial charge in [-0.3, -0.25) is 14.9 Å². The summed E-state index contributed by atoms with van der Waals surface area (Å²) in [5, 5.41) is 6.47. The molecule has 7 nitrogen and oxygen atoms in total. The van der Waals surface area contributed by atoms with Crippen LogP contribution in [0.2, 0.25) is 5.02 Å². The highest BCUT2D eigenvalue weighted by Gasteiger charge is 2.22. The predicted octanol–water partition coefficient (Wildman–Crippen LogP) is 5.09. The first-order valence-electron chi connectivity index (χ1n) is 12.1. The predicted molar refractivity (Wildman–Crippen MR) is 146 cm³/mol. The lowest BCUT2D eigenvalue weighted by atomic mass is 10.2. The third-order valence-corrected chi connectivity index (χ3v) is 6.24. The number of carbonyl (C=O) groups excluding carboxylic acids is 2. The van der Waals surface area contributed by atoms with Crippen LogP contribution in [0.5, 0.6) is 5.75 Å². The van der Waals surface area contributed by atoms with Gasteiger partial charge in [0.25, 0.3) is 5.91 Å². The van der Waals surface area contributed by atoms with Crippen LogP contribution in [0.1, 0.15) is 49.9 Å². The van der Waals surface area contributed by atoms with Crippen LogP contribution < -0.4 is 20.3 Å². The largest absolute Gasteiger partial charge is 0.494 e. The molecule has 1 heterocycles. The minimum absolute atomic E-state index is 0.180. The van der Waals surface area contributed by atoms with Crippen LogP contribution in [-0.4, -0.2) is 54.6 Å². The molecule has 1 aliphatic rings. The number of hydrogen-bond acceptors (Lipinski definition) is 5. The van der Waals surface area contributed by atoms with Gasteiger partial charge in [-0.1, -0.05) is 37.9 Å². The normalized spacial score (nSPS) is 13.3. The maximum absolute atomic E-state index is 12.6. The van der Waals surface area contributed by atoms with Crippen molar-refractivity contribution < 1.29 is 14.3 Å². The van der Waals surface area contributed by atoms with Gasteiger partial charge in [0.1, 0.15) is 5.75 Å². The van der Waals surface area contributed by atoms with Crippen LogP contribution in [0.4, 0.5) is 11.4 Å². The molecule has 0 atom stereocenters. The van der Waals surface area contributed by atoms with E-state index in [2.05, 4.69) is 22.5 Å². The lowest BCUT2D eigenvalue weighted by Gasteiger charge is -2.36. The number of piperazine rings is 1. The van der Waals surface area contributed by atoms with Crippen molar-refractivity contribution in [3.63, 3.8) is 0 Å². The van der Waals surface area contributed by atoms with Crippen LogP contribution in [0.3, 0.4) is 0 Å². The second-order valence-corrected chi connectivity index (χ2v) is 9.24. The Morgan fingerprint density at radius 1 is 1.06 bits per heavy atom. The Morgan fingerprint density at radius 2 is 1.83 bits per heavy atom. The Labute approximate surface area is 217 Å². The zero-order valence-electron chi connectivity index (χ0n) is 20.3. The Bertz CT molecular complexity index is 1040. The molecule has 0 aromatic heterocycles. The highest BCUT2D eigenvalue weighted by atomic mass is 35.5. The van der Waals surface area contributed by atoms with E-state index < -0.39 is 0 Å². The fraction of sp³-hybridized carbons (Fsp3) is 0.423. The van der Waals surface area contributed by atoms with E-state index in [1.54, 1.807) is 24.3 Å². The Morgan fingerprint density at radius 3 is 2.51 bits per heavy atom. The molecule has 0 spiro atoms. The summed E-state index contributed by atoms with van der Waals surface area (Å²) in [5.74, 6) is 0.550. The number of ether oxygens (including phenoxy) is 1. The first-order valence-corrected chi connectivity index (χ1v) is 12.9. The standard InChI is InChI=1S/C26H33ClN4O3S/c1-3-5-16-34-21-9-6-8-19(17-21)25(33)29-26(35)28-20-10-11-23(22(27)18-20)30-12-14-31(15-13-30)24(32)7-4-2/h6,8-11,17-18H,3-5,7,12-16H2,1-2H3,(H2,28,29,33,35). The van der Waals surface area contributed by atoms with Gasteiger partial charge in [0.05, 0.1) is 17.3 Å². The lowest BCUT2D eigenvalue weighted by molar-refractivity contribution is -0.131. The molecule has 1 fully saturated rings. The van der Waals surface area contributed by atoms with E-state index in [0.717, 1.165) is 38.0 Å². The molecule has 0 aliphatic carbocycles. The third kappa shape index (κ3) is 7.83. The second-order valence-electron chi connectivity index (χ2n) is 8.42. The van der Waals surface area contributed by atoms with Gasteiger partial charge >= 0.3 is 0 Å². The third-order valence-electron chi connectivity index (χ3n) is 5.73. The second kappa shape index (κ2) is 13.3. The van der Waals surface area contributed by atoms with Crippen molar-refractivity contribution in [3.05, 3.63) is 53.1 Å². The number of anilines is 2. The van der Waals surface area contributed by atoms with Crippen molar-refractivity contribution in [2.24, 2.45) is 0 Å². The molecule has 1 aliphatic heterocycles. The average Bonchev–Trinajstić information content (AvgIpc) is 2.85. The van der Waals surface area contributed by atoms with Gasteiger partial charge in [0, 0.05) is 43.9 Å². The number of hydrogen-bond donors (Lipinski definition) is 2. The maximum atomic E-state index is 12.6. The molecule has 0 radical (unpaired) electrons. The molecule has 2 N–H and O–H groups in total. The summed E-state index contributed by atoms with van der Waals surface area (Å²) in [6, 6.07) is 12.6. The smallest absolute Gasteiger partial charge is 0.257 e. The quantitative estimate of drug-likeness (QED) is 0.357. The van der Waals surface area contributed by atoms with Crippen LogP contribution in [0, 0.1) is 0 Å². The van der Waals surface area contributed by atoms with Crippen molar-refractivity contribution in [3.8, 4) is 5.75 Å². The highest BCUT2D eigenvalue weighted by Crippen LogP contribution is 2.30. The van der Waals surface area contributed by atoms with E-state index in [-0.39, 0.29) is 16.9 Å². The molecular formula is C26H33ClN4O3S. The summed E-state index contributed by atoms with van der Waals surface area (Å²) in [5.41, 5.74) is 2.06. The number of carbonyl (C=O) groups is 2. The van der Waals surface area contributed by atoms with E-state index >= 15 is 0 Å². The van der Waals surface area contributed by atoms with Crippen molar-refractivity contribution >= 4 is 52.1 Å². The van der Waals surface area contributed by atoms with Gasteiger partial charge in [-0.25, -0.2) is 0 Å². The first kappa shape index (κ1) is 26.8. The highest BCUT2D eigenvalue weighted by molar-refractivity contribution is 7.80. The zero-order valence-corrected chi connectivity index (χ0v) is 21.9. The van der Waals surface area contributed by atoms with Crippen molar-refractivity contribution in [2.75, 3.05) is 43.0 Å². The Balaban J connectivity index is 1.53. The molecule has 35 heavy (non-hydrogen) atoms. The minimum Gasteiger partial charge on any atom is -0.494 e. The van der Waals surface area contributed by atoms with Crippen molar-refractivity contribution in [1.82, 2.24) is 10.2 Å². The summed E-state index contributed by atoms with van der Waals surface area (Å²) in [7, 11) is 0. The van der Waals surface area contributed by atoms with Crippen LogP contribution >= 0.6 is 23.8 Å². The summed E-state index contributed by atoms with van der Waals surface area (Å²) < 4.78 is 5.67. The molecule has 0 unspecified atom stereocenters.